The summed E-state index contributed by atoms with van der Waals surface area (Å²) in [4.78, 5) is 16.3. The van der Waals surface area contributed by atoms with Crippen LogP contribution in [0.3, 0.4) is 0 Å². The number of nitrogen functional groups attached to an aromatic ring is 1. The number of nitrogens with zero attached hydrogens (tertiary/aromatic N) is 1. The molecule has 4 nitrogen and oxygen atoms in total. The normalized spacial score (nSPS) is 10.5. The van der Waals surface area contributed by atoms with E-state index < -0.39 is 5.97 Å². The molecule has 0 atom stereocenters. The van der Waals surface area contributed by atoms with Gasteiger partial charge >= 0.3 is 5.97 Å². The van der Waals surface area contributed by atoms with Crippen LogP contribution in [-0.2, 0) is 4.74 Å². The molecule has 0 unspecified atom stereocenters. The number of carbonyl (C=O) groups is 1. The molecule has 0 saturated carbocycles. The molecule has 7 heteroatoms. The highest BCUT2D eigenvalue weighted by molar-refractivity contribution is 7.17. The zero-order valence-electron chi connectivity index (χ0n) is 9.94. The minimum atomic E-state index is -0.447. The van der Waals surface area contributed by atoms with Crippen molar-refractivity contribution in [3.05, 3.63) is 33.1 Å². The van der Waals surface area contributed by atoms with Crippen molar-refractivity contribution < 1.29 is 9.53 Å². The largest absolute Gasteiger partial charge is 0.462 e. The first-order chi connectivity index (χ1) is 9.02. The fourth-order valence-electron chi connectivity index (χ4n) is 1.51. The molecule has 0 radical (unpaired) electrons. The third-order valence-electron chi connectivity index (χ3n) is 2.30. The first kappa shape index (κ1) is 14.1. The molecule has 0 aliphatic heterocycles. The molecule has 0 aliphatic rings. The average molecular weight is 317 g/mol. The van der Waals surface area contributed by atoms with Gasteiger partial charge in [-0.1, -0.05) is 40.6 Å². The van der Waals surface area contributed by atoms with E-state index in [2.05, 4.69) is 4.98 Å². The average Bonchev–Trinajstić information content (AvgIpc) is 2.75. The lowest BCUT2D eigenvalue weighted by molar-refractivity contribution is 0.0532. The van der Waals surface area contributed by atoms with Crippen molar-refractivity contribution >= 4 is 45.6 Å². The molecular formula is C12H10Cl2N2O2S. The fourth-order valence-corrected chi connectivity index (χ4v) is 2.56. The number of hydrogen-bond donors (Lipinski definition) is 1. The van der Waals surface area contributed by atoms with Gasteiger partial charge in [0.25, 0.3) is 0 Å². The summed E-state index contributed by atoms with van der Waals surface area (Å²) in [5.41, 5.74) is 6.79. The van der Waals surface area contributed by atoms with Crippen molar-refractivity contribution in [2.75, 3.05) is 12.3 Å². The van der Waals surface area contributed by atoms with Crippen LogP contribution in [0.25, 0.3) is 11.3 Å². The zero-order chi connectivity index (χ0) is 14.0. The van der Waals surface area contributed by atoms with Gasteiger partial charge in [0, 0.05) is 5.56 Å². The van der Waals surface area contributed by atoms with E-state index in [1.165, 1.54) is 0 Å². The zero-order valence-corrected chi connectivity index (χ0v) is 12.3. The van der Waals surface area contributed by atoms with Crippen LogP contribution in [0.4, 0.5) is 5.13 Å². The summed E-state index contributed by atoms with van der Waals surface area (Å²) in [6.45, 7) is 2.03. The highest BCUT2D eigenvalue weighted by Gasteiger charge is 2.20. The SMILES string of the molecule is CCOC(=O)c1sc(N)nc1-c1ccc(Cl)c(Cl)c1. The first-order valence-electron chi connectivity index (χ1n) is 5.41. The number of nitrogens with two attached hydrogens (primary N) is 1. The molecule has 0 amide bonds. The monoisotopic (exact) mass is 316 g/mol. The molecule has 1 heterocycles. The summed E-state index contributed by atoms with van der Waals surface area (Å²) in [5, 5.41) is 1.12. The lowest BCUT2D eigenvalue weighted by atomic mass is 10.1. The van der Waals surface area contributed by atoms with Crippen LogP contribution in [0.1, 0.15) is 16.6 Å². The molecule has 0 fully saturated rings. The van der Waals surface area contributed by atoms with E-state index in [0.717, 1.165) is 11.3 Å². The predicted octanol–water partition coefficient (Wildman–Crippen LogP) is 3.88. The van der Waals surface area contributed by atoms with Gasteiger partial charge in [0.2, 0.25) is 0 Å². The van der Waals surface area contributed by atoms with Gasteiger partial charge in [-0.25, -0.2) is 9.78 Å². The second kappa shape index (κ2) is 5.77. The predicted molar refractivity (Wildman–Crippen MR) is 77.9 cm³/mol. The summed E-state index contributed by atoms with van der Waals surface area (Å²) in [7, 11) is 0. The molecule has 2 aromatic rings. The number of benzene rings is 1. The van der Waals surface area contributed by atoms with Crippen molar-refractivity contribution in [2.24, 2.45) is 0 Å². The number of ether oxygens (including phenoxy) is 1. The van der Waals surface area contributed by atoms with Crippen molar-refractivity contribution in [3.8, 4) is 11.3 Å². The molecule has 0 bridgehead atoms. The van der Waals surface area contributed by atoms with Gasteiger partial charge in [0.1, 0.15) is 4.88 Å². The van der Waals surface area contributed by atoms with Crippen LogP contribution in [0, 0.1) is 0 Å². The van der Waals surface area contributed by atoms with Gasteiger partial charge in [0.15, 0.2) is 5.13 Å². The summed E-state index contributed by atoms with van der Waals surface area (Å²) in [6, 6.07) is 5.01. The Balaban J connectivity index is 2.49. The summed E-state index contributed by atoms with van der Waals surface area (Å²) in [5.74, 6) is -0.447. The molecular weight excluding hydrogens is 307 g/mol. The number of hydrogen-bond acceptors (Lipinski definition) is 5. The van der Waals surface area contributed by atoms with Crippen molar-refractivity contribution in [1.82, 2.24) is 4.98 Å². The Labute approximate surface area is 124 Å². The molecule has 0 saturated heterocycles. The molecule has 2 rings (SSSR count). The van der Waals surface area contributed by atoms with Crippen LogP contribution in [0.15, 0.2) is 18.2 Å². The van der Waals surface area contributed by atoms with E-state index in [1.54, 1.807) is 25.1 Å². The number of esters is 1. The third kappa shape index (κ3) is 3.00. The van der Waals surface area contributed by atoms with Gasteiger partial charge in [-0.15, -0.1) is 0 Å². The van der Waals surface area contributed by atoms with Gasteiger partial charge in [-0.2, -0.15) is 0 Å². The molecule has 1 aromatic carbocycles. The van der Waals surface area contributed by atoms with Crippen LogP contribution in [0.5, 0.6) is 0 Å². The molecule has 19 heavy (non-hydrogen) atoms. The van der Waals surface area contributed by atoms with Crippen LogP contribution in [0.2, 0.25) is 10.0 Å². The molecule has 0 aliphatic carbocycles. The highest BCUT2D eigenvalue weighted by Crippen LogP contribution is 2.33. The van der Waals surface area contributed by atoms with Crippen LogP contribution in [-0.4, -0.2) is 17.6 Å². The van der Waals surface area contributed by atoms with Crippen molar-refractivity contribution in [1.29, 1.82) is 0 Å². The maximum atomic E-state index is 11.8. The lowest BCUT2D eigenvalue weighted by Crippen LogP contribution is -2.03. The Morgan fingerprint density at radius 1 is 1.42 bits per heavy atom. The Kier molecular flexibility index (Phi) is 4.29. The first-order valence-corrected chi connectivity index (χ1v) is 6.99. The number of anilines is 1. The summed E-state index contributed by atoms with van der Waals surface area (Å²) >= 11 is 12.9. The topological polar surface area (TPSA) is 65.2 Å². The second-order valence-corrected chi connectivity index (χ2v) is 5.42. The lowest BCUT2D eigenvalue weighted by Gasteiger charge is -2.03. The maximum absolute atomic E-state index is 11.8. The minimum Gasteiger partial charge on any atom is -0.462 e. The van der Waals surface area contributed by atoms with Gasteiger partial charge in [-0.3, -0.25) is 0 Å². The van der Waals surface area contributed by atoms with E-state index in [1.807, 2.05) is 0 Å². The summed E-state index contributed by atoms with van der Waals surface area (Å²) in [6.07, 6.45) is 0. The van der Waals surface area contributed by atoms with Crippen LogP contribution >= 0.6 is 34.5 Å². The van der Waals surface area contributed by atoms with E-state index in [-0.39, 0.29) is 6.61 Å². The number of halogens is 2. The maximum Gasteiger partial charge on any atom is 0.350 e. The van der Waals surface area contributed by atoms with E-state index in [9.17, 15) is 4.79 Å². The minimum absolute atomic E-state index is 0.289. The van der Waals surface area contributed by atoms with Gasteiger partial charge in [-0.05, 0) is 19.1 Å². The molecule has 100 valence electrons. The number of aromatic nitrogens is 1. The second-order valence-electron chi connectivity index (χ2n) is 3.58. The summed E-state index contributed by atoms with van der Waals surface area (Å²) < 4.78 is 4.97. The molecule has 0 spiro atoms. The Morgan fingerprint density at radius 3 is 2.79 bits per heavy atom. The van der Waals surface area contributed by atoms with Gasteiger partial charge in [0.05, 0.1) is 22.3 Å². The number of carbonyl (C=O) groups excluding carboxylic acids is 1. The molecule has 2 N–H and O–H groups in total. The van der Waals surface area contributed by atoms with E-state index in [0.29, 0.717) is 31.3 Å². The Morgan fingerprint density at radius 2 is 2.16 bits per heavy atom. The quantitative estimate of drug-likeness (QED) is 0.873. The Bertz CT molecular complexity index is 628. The van der Waals surface area contributed by atoms with Crippen LogP contribution < -0.4 is 5.73 Å². The smallest absolute Gasteiger partial charge is 0.350 e. The Hall–Kier alpha value is -1.30. The fraction of sp³-hybridized carbons (Fsp3) is 0.167. The number of thiazole rings is 1. The number of rotatable bonds is 3. The van der Waals surface area contributed by atoms with Gasteiger partial charge < -0.3 is 10.5 Å². The highest BCUT2D eigenvalue weighted by atomic mass is 35.5. The van der Waals surface area contributed by atoms with E-state index in [4.69, 9.17) is 33.7 Å². The standard InChI is InChI=1S/C12H10Cl2N2O2S/c1-2-18-11(17)10-9(16-12(15)19-10)6-3-4-7(13)8(14)5-6/h3-5H,2H2,1H3,(H2,15,16). The van der Waals surface area contributed by atoms with E-state index >= 15 is 0 Å². The third-order valence-corrected chi connectivity index (χ3v) is 3.90. The molecule has 1 aromatic heterocycles. The van der Waals surface area contributed by atoms with Crippen molar-refractivity contribution in [2.45, 2.75) is 6.92 Å². The van der Waals surface area contributed by atoms with Crippen molar-refractivity contribution in [3.63, 3.8) is 0 Å².